The lowest BCUT2D eigenvalue weighted by Crippen LogP contribution is -2.52. The third-order valence-corrected chi connectivity index (χ3v) is 5.98. The van der Waals surface area contributed by atoms with Gasteiger partial charge in [-0.1, -0.05) is 72.8 Å². The summed E-state index contributed by atoms with van der Waals surface area (Å²) in [6.45, 7) is 3.52. The Morgan fingerprint density at radius 1 is 0.872 bits per heavy atom. The molecule has 1 atom stereocenters. The number of rotatable bonds is 11. The van der Waals surface area contributed by atoms with Gasteiger partial charge in [0.1, 0.15) is 5.75 Å². The molecule has 0 bridgehead atoms. The van der Waals surface area contributed by atoms with Gasteiger partial charge in [-0.3, -0.25) is 10.4 Å². The molecule has 10 nitrogen and oxygen atoms in total. The summed E-state index contributed by atoms with van der Waals surface area (Å²) in [6.07, 6.45) is -1.37. The molecule has 4 aromatic rings. The molecule has 0 aliphatic carbocycles. The third-order valence-electron chi connectivity index (χ3n) is 5.98. The summed E-state index contributed by atoms with van der Waals surface area (Å²) < 4.78 is 18.2. The molecule has 0 fully saturated rings. The summed E-state index contributed by atoms with van der Waals surface area (Å²) in [7, 11) is 1.51. The highest BCUT2D eigenvalue weighted by Crippen LogP contribution is 2.39. The van der Waals surface area contributed by atoms with E-state index in [2.05, 4.69) is 14.8 Å². The van der Waals surface area contributed by atoms with E-state index in [0.717, 1.165) is 0 Å². The van der Waals surface area contributed by atoms with Gasteiger partial charge in [0.25, 0.3) is 0 Å². The minimum absolute atomic E-state index is 0.00722. The maximum atomic E-state index is 14.0. The highest BCUT2D eigenvalue weighted by molar-refractivity contribution is 5.80. The highest BCUT2D eigenvalue weighted by atomic mass is 17.1. The monoisotopic (exact) mass is 531 g/mol. The fourth-order valence-corrected chi connectivity index (χ4v) is 4.29. The van der Waals surface area contributed by atoms with Crippen LogP contribution in [0.25, 0.3) is 0 Å². The Morgan fingerprint density at radius 2 is 1.41 bits per heavy atom. The van der Waals surface area contributed by atoms with Gasteiger partial charge in [0.15, 0.2) is 5.60 Å². The number of carbonyl (C=O) groups excluding carboxylic acids is 1. The van der Waals surface area contributed by atoms with Crippen LogP contribution in [0.3, 0.4) is 0 Å². The number of esters is 1. The van der Waals surface area contributed by atoms with Crippen molar-refractivity contribution < 1.29 is 34.3 Å². The quantitative estimate of drug-likeness (QED) is 0.162. The number of benzene rings is 3. The molecule has 10 heteroatoms. The van der Waals surface area contributed by atoms with E-state index in [0.29, 0.717) is 28.1 Å². The minimum atomic E-state index is -1.43. The van der Waals surface area contributed by atoms with Crippen molar-refractivity contribution in [2.24, 2.45) is 0 Å². The van der Waals surface area contributed by atoms with E-state index in [1.165, 1.54) is 7.11 Å². The Labute approximate surface area is 225 Å². The molecule has 0 aliphatic heterocycles. The standard InChI is InChI=1S/C29H29N3O7/c1-20-18-21(2)31-28(30-20)39-26(27(33)38-25-16-14-22(15-17-25)19-37-32(34)35)29(36-3,23-10-6-4-7-11-23)24-12-8-5-9-13-24/h4-18,26,34-35H,19H2,1-3H3/t26-/m1/s1. The Kier molecular flexibility index (Phi) is 8.97. The molecule has 2 N–H and O–H groups in total. The molecule has 0 amide bonds. The van der Waals surface area contributed by atoms with Gasteiger partial charge >= 0.3 is 12.0 Å². The van der Waals surface area contributed by atoms with Gasteiger partial charge in [0, 0.05) is 18.5 Å². The minimum Gasteiger partial charge on any atom is -0.444 e. The molecule has 202 valence electrons. The Morgan fingerprint density at radius 3 is 1.90 bits per heavy atom. The maximum absolute atomic E-state index is 14.0. The molecule has 0 spiro atoms. The molecule has 39 heavy (non-hydrogen) atoms. The summed E-state index contributed by atoms with van der Waals surface area (Å²) in [4.78, 5) is 27.4. The predicted molar refractivity (Wildman–Crippen MR) is 139 cm³/mol. The summed E-state index contributed by atoms with van der Waals surface area (Å²) in [5.74, 6) is -0.511. The van der Waals surface area contributed by atoms with Gasteiger partial charge in [0.05, 0.1) is 12.0 Å². The molecule has 0 saturated heterocycles. The second kappa shape index (κ2) is 12.6. The molecular formula is C29H29N3O7. The number of methoxy groups -OCH3 is 1. The number of aryl methyl sites for hydroxylation is 2. The van der Waals surface area contributed by atoms with E-state index in [-0.39, 0.29) is 23.8 Å². The Bertz CT molecular complexity index is 1310. The average Bonchev–Trinajstić information content (AvgIpc) is 2.93. The van der Waals surface area contributed by atoms with Crippen LogP contribution in [-0.4, -0.2) is 45.0 Å². The van der Waals surface area contributed by atoms with Crippen LogP contribution in [0.15, 0.2) is 91.0 Å². The first kappa shape index (κ1) is 27.8. The zero-order chi connectivity index (χ0) is 27.8. The largest absolute Gasteiger partial charge is 0.444 e. The summed E-state index contributed by atoms with van der Waals surface area (Å²) >= 11 is 0. The number of hydrogen-bond donors (Lipinski definition) is 2. The molecule has 3 aromatic carbocycles. The molecule has 1 aromatic heterocycles. The number of carbonyl (C=O) groups is 1. The summed E-state index contributed by atoms with van der Waals surface area (Å²) in [5, 5.41) is 17.1. The van der Waals surface area contributed by atoms with Crippen LogP contribution in [0.5, 0.6) is 11.8 Å². The lowest BCUT2D eigenvalue weighted by Gasteiger charge is -2.38. The fourth-order valence-electron chi connectivity index (χ4n) is 4.29. The first-order chi connectivity index (χ1) is 18.8. The van der Waals surface area contributed by atoms with Crippen molar-refractivity contribution in [2.45, 2.75) is 32.2 Å². The number of nitrogens with zero attached hydrogens (tertiary/aromatic N) is 3. The van der Waals surface area contributed by atoms with Gasteiger partial charge in [-0.2, -0.15) is 0 Å². The SMILES string of the molecule is COC(c1ccccc1)(c1ccccc1)[C@H](Oc1nc(C)cc(C)n1)C(=O)Oc1ccc(CON(O)O)cc1. The smallest absolute Gasteiger partial charge is 0.356 e. The molecule has 0 saturated carbocycles. The molecule has 1 heterocycles. The first-order valence-electron chi connectivity index (χ1n) is 12.1. The normalized spacial score (nSPS) is 12.3. The number of aromatic nitrogens is 2. The first-order valence-corrected chi connectivity index (χ1v) is 12.1. The van der Waals surface area contributed by atoms with Gasteiger partial charge in [-0.25, -0.2) is 19.6 Å². The van der Waals surface area contributed by atoms with Crippen molar-refractivity contribution in [2.75, 3.05) is 7.11 Å². The predicted octanol–water partition coefficient (Wildman–Crippen LogP) is 4.55. The number of ether oxygens (including phenoxy) is 3. The van der Waals surface area contributed by atoms with Crippen LogP contribution in [0.4, 0.5) is 0 Å². The molecular weight excluding hydrogens is 502 g/mol. The van der Waals surface area contributed by atoms with Crippen LogP contribution in [0, 0.1) is 13.8 Å². The van der Waals surface area contributed by atoms with Crippen molar-refractivity contribution in [3.63, 3.8) is 0 Å². The second-order valence-electron chi connectivity index (χ2n) is 8.69. The zero-order valence-electron chi connectivity index (χ0n) is 21.7. The van der Waals surface area contributed by atoms with E-state index in [9.17, 15) is 4.79 Å². The summed E-state index contributed by atoms with van der Waals surface area (Å²) in [6, 6.07) is 26.7. The summed E-state index contributed by atoms with van der Waals surface area (Å²) in [5.41, 5.74) is 1.85. The average molecular weight is 532 g/mol. The number of hydrogen-bond acceptors (Lipinski definition) is 10. The van der Waals surface area contributed by atoms with E-state index >= 15 is 0 Å². The van der Waals surface area contributed by atoms with E-state index < -0.39 is 17.7 Å². The van der Waals surface area contributed by atoms with Crippen LogP contribution >= 0.6 is 0 Å². The van der Waals surface area contributed by atoms with Crippen LogP contribution in [0.1, 0.15) is 28.1 Å². The molecule has 0 aliphatic rings. The van der Waals surface area contributed by atoms with Crippen LogP contribution in [-0.2, 0) is 26.6 Å². The van der Waals surface area contributed by atoms with Gasteiger partial charge in [0.2, 0.25) is 6.10 Å². The van der Waals surface area contributed by atoms with Crippen molar-refractivity contribution in [1.82, 2.24) is 15.4 Å². The maximum Gasteiger partial charge on any atom is 0.356 e. The Balaban J connectivity index is 1.78. The molecule has 4 rings (SSSR count). The Hall–Kier alpha value is -4.19. The van der Waals surface area contributed by atoms with E-state index in [1.807, 2.05) is 74.5 Å². The molecule has 0 radical (unpaired) electrons. The van der Waals surface area contributed by atoms with Crippen molar-refractivity contribution in [3.05, 3.63) is 119 Å². The molecule has 0 unspecified atom stereocenters. The van der Waals surface area contributed by atoms with E-state index in [1.54, 1.807) is 30.3 Å². The van der Waals surface area contributed by atoms with Crippen molar-refractivity contribution in [3.8, 4) is 11.8 Å². The zero-order valence-corrected chi connectivity index (χ0v) is 21.7. The van der Waals surface area contributed by atoms with E-state index in [4.69, 9.17) is 24.6 Å². The lowest BCUT2D eigenvalue weighted by molar-refractivity contribution is -0.497. The van der Waals surface area contributed by atoms with Gasteiger partial charge < -0.3 is 14.2 Å². The van der Waals surface area contributed by atoms with Crippen LogP contribution in [0.2, 0.25) is 0 Å². The fraction of sp³-hybridized carbons (Fsp3) is 0.207. The van der Waals surface area contributed by atoms with Gasteiger partial charge in [-0.15, -0.1) is 0 Å². The lowest BCUT2D eigenvalue weighted by atomic mass is 9.81. The topological polar surface area (TPSA) is 123 Å². The second-order valence-corrected chi connectivity index (χ2v) is 8.69. The van der Waals surface area contributed by atoms with Crippen molar-refractivity contribution in [1.29, 1.82) is 0 Å². The van der Waals surface area contributed by atoms with Crippen molar-refractivity contribution >= 4 is 5.97 Å². The third kappa shape index (κ3) is 6.63. The van der Waals surface area contributed by atoms with Crippen LogP contribution < -0.4 is 9.47 Å². The van der Waals surface area contributed by atoms with Gasteiger partial charge in [-0.05, 0) is 48.7 Å². The highest BCUT2D eigenvalue weighted by Gasteiger charge is 2.50.